The summed E-state index contributed by atoms with van der Waals surface area (Å²) in [6.07, 6.45) is 1.25. The molecule has 1 atom stereocenters. The van der Waals surface area contributed by atoms with Gasteiger partial charge < -0.3 is 4.90 Å². The fourth-order valence-electron chi connectivity index (χ4n) is 1.85. The van der Waals surface area contributed by atoms with E-state index in [4.69, 9.17) is 0 Å². The van der Waals surface area contributed by atoms with E-state index in [2.05, 4.69) is 9.71 Å². The van der Waals surface area contributed by atoms with Crippen molar-refractivity contribution in [2.24, 2.45) is 5.92 Å². The lowest BCUT2D eigenvalue weighted by Gasteiger charge is -2.27. The van der Waals surface area contributed by atoms with Crippen molar-refractivity contribution in [1.29, 1.82) is 0 Å². The molecule has 1 heterocycles. The zero-order valence-corrected chi connectivity index (χ0v) is 12.4. The minimum absolute atomic E-state index is 0.0292. The SMILES string of the molecule is CC(C)C(CNS(=O)(=O)c1ncccc1F)N(C)C. The summed E-state index contributed by atoms with van der Waals surface area (Å²) in [6.45, 7) is 4.21. The second-order valence-electron chi connectivity index (χ2n) is 4.92. The van der Waals surface area contributed by atoms with Crippen LogP contribution in [0.5, 0.6) is 0 Å². The number of hydrogen-bond acceptors (Lipinski definition) is 4. The Labute approximate surface area is 113 Å². The maximum absolute atomic E-state index is 13.4. The number of halogens is 1. The van der Waals surface area contributed by atoms with E-state index in [0.29, 0.717) is 0 Å². The predicted molar refractivity (Wildman–Crippen MR) is 71.7 cm³/mol. The highest BCUT2D eigenvalue weighted by Gasteiger charge is 2.23. The number of hydrogen-bond donors (Lipinski definition) is 1. The van der Waals surface area contributed by atoms with Gasteiger partial charge in [-0.25, -0.2) is 22.5 Å². The van der Waals surface area contributed by atoms with E-state index in [1.165, 1.54) is 12.3 Å². The Balaban J connectivity index is 2.84. The van der Waals surface area contributed by atoms with Gasteiger partial charge in [0.05, 0.1) is 0 Å². The van der Waals surface area contributed by atoms with Crippen LogP contribution in [-0.4, -0.2) is 45.0 Å². The number of aromatic nitrogens is 1. The molecule has 1 N–H and O–H groups in total. The third-order valence-corrected chi connectivity index (χ3v) is 4.25. The smallest absolute Gasteiger partial charge is 0.261 e. The maximum Gasteiger partial charge on any atom is 0.261 e. The van der Waals surface area contributed by atoms with Crippen molar-refractivity contribution in [2.75, 3.05) is 20.6 Å². The Bertz CT molecular complexity index is 509. The van der Waals surface area contributed by atoms with Gasteiger partial charge in [0, 0.05) is 18.8 Å². The van der Waals surface area contributed by atoms with E-state index < -0.39 is 20.9 Å². The summed E-state index contributed by atoms with van der Waals surface area (Å²) in [7, 11) is -0.165. The Morgan fingerprint density at radius 1 is 1.42 bits per heavy atom. The number of sulfonamides is 1. The highest BCUT2D eigenvalue weighted by atomic mass is 32.2. The van der Waals surface area contributed by atoms with Crippen molar-refractivity contribution in [2.45, 2.75) is 24.9 Å². The van der Waals surface area contributed by atoms with Gasteiger partial charge in [0.2, 0.25) is 5.03 Å². The Hall–Kier alpha value is -1.05. The summed E-state index contributed by atoms with van der Waals surface area (Å²) < 4.78 is 39.8. The van der Waals surface area contributed by atoms with Crippen molar-refractivity contribution in [1.82, 2.24) is 14.6 Å². The van der Waals surface area contributed by atoms with Gasteiger partial charge in [0.15, 0.2) is 5.82 Å². The van der Waals surface area contributed by atoms with Gasteiger partial charge in [-0.3, -0.25) is 0 Å². The fourth-order valence-corrected chi connectivity index (χ4v) is 2.90. The zero-order valence-electron chi connectivity index (χ0n) is 11.6. The molecule has 19 heavy (non-hydrogen) atoms. The molecule has 0 fully saturated rings. The molecule has 0 bridgehead atoms. The molecule has 7 heteroatoms. The molecule has 0 aliphatic carbocycles. The normalized spacial score (nSPS) is 14.1. The first kappa shape index (κ1) is 16.0. The molecule has 0 aromatic carbocycles. The van der Waals surface area contributed by atoms with Crippen LogP contribution in [-0.2, 0) is 10.0 Å². The molecular formula is C12H20FN3O2S. The van der Waals surface area contributed by atoms with Crippen LogP contribution < -0.4 is 4.72 Å². The number of nitrogens with one attached hydrogen (secondary N) is 1. The van der Waals surface area contributed by atoms with E-state index in [1.807, 2.05) is 32.8 Å². The summed E-state index contributed by atoms with van der Waals surface area (Å²) in [6, 6.07) is 2.46. The molecule has 0 radical (unpaired) electrons. The average molecular weight is 289 g/mol. The Morgan fingerprint density at radius 3 is 2.53 bits per heavy atom. The molecule has 0 spiro atoms. The van der Waals surface area contributed by atoms with Crippen LogP contribution in [0.25, 0.3) is 0 Å². The first-order chi connectivity index (χ1) is 8.75. The highest BCUT2D eigenvalue weighted by molar-refractivity contribution is 7.89. The average Bonchev–Trinajstić information content (AvgIpc) is 2.28. The number of pyridine rings is 1. The molecule has 1 unspecified atom stereocenters. The second kappa shape index (κ2) is 6.40. The van der Waals surface area contributed by atoms with Gasteiger partial charge in [-0.1, -0.05) is 13.8 Å². The molecule has 0 aliphatic rings. The Morgan fingerprint density at radius 2 is 2.05 bits per heavy atom. The first-order valence-electron chi connectivity index (χ1n) is 6.02. The van der Waals surface area contributed by atoms with Crippen molar-refractivity contribution in [3.05, 3.63) is 24.1 Å². The molecule has 5 nitrogen and oxygen atoms in total. The van der Waals surface area contributed by atoms with Crippen molar-refractivity contribution in [3.63, 3.8) is 0 Å². The highest BCUT2D eigenvalue weighted by Crippen LogP contribution is 2.11. The predicted octanol–water partition coefficient (Wildman–Crippen LogP) is 1.09. The molecule has 1 aromatic heterocycles. The van der Waals surface area contributed by atoms with Crippen LogP contribution in [0, 0.1) is 11.7 Å². The molecule has 108 valence electrons. The quantitative estimate of drug-likeness (QED) is 0.851. The van der Waals surface area contributed by atoms with Crippen molar-refractivity contribution in [3.8, 4) is 0 Å². The van der Waals surface area contributed by atoms with Crippen LogP contribution in [0.15, 0.2) is 23.4 Å². The standard InChI is InChI=1S/C12H20FN3O2S/c1-9(2)11(16(3)4)8-15-19(17,18)12-10(13)6-5-7-14-12/h5-7,9,11,15H,8H2,1-4H3. The van der Waals surface area contributed by atoms with E-state index in [-0.39, 0.29) is 18.5 Å². The van der Waals surface area contributed by atoms with E-state index in [9.17, 15) is 12.8 Å². The summed E-state index contributed by atoms with van der Waals surface area (Å²) in [5, 5.41) is -0.559. The lowest BCUT2D eigenvalue weighted by atomic mass is 10.0. The van der Waals surface area contributed by atoms with Gasteiger partial charge in [-0.15, -0.1) is 0 Å². The van der Waals surface area contributed by atoms with Gasteiger partial charge in [0.1, 0.15) is 0 Å². The van der Waals surface area contributed by atoms with Crippen LogP contribution >= 0.6 is 0 Å². The van der Waals surface area contributed by atoms with Crippen LogP contribution in [0.2, 0.25) is 0 Å². The van der Waals surface area contributed by atoms with Crippen LogP contribution in [0.3, 0.4) is 0 Å². The lowest BCUT2D eigenvalue weighted by Crippen LogP contribution is -2.43. The van der Waals surface area contributed by atoms with E-state index in [1.54, 1.807) is 0 Å². The van der Waals surface area contributed by atoms with E-state index >= 15 is 0 Å². The summed E-state index contributed by atoms with van der Waals surface area (Å²) in [4.78, 5) is 5.51. The zero-order chi connectivity index (χ0) is 14.6. The van der Waals surface area contributed by atoms with Crippen molar-refractivity contribution < 1.29 is 12.8 Å². The lowest BCUT2D eigenvalue weighted by molar-refractivity contribution is 0.233. The third-order valence-electron chi connectivity index (χ3n) is 2.89. The maximum atomic E-state index is 13.4. The second-order valence-corrected chi connectivity index (χ2v) is 6.60. The number of likely N-dealkylation sites (N-methyl/N-ethyl adjacent to an activating group) is 1. The third kappa shape index (κ3) is 4.22. The molecule has 0 amide bonds. The number of rotatable bonds is 6. The summed E-state index contributed by atoms with van der Waals surface area (Å²) >= 11 is 0. The molecule has 0 aliphatic heterocycles. The minimum atomic E-state index is -3.92. The Kier molecular flexibility index (Phi) is 5.39. The molecule has 0 saturated heterocycles. The molecule has 1 rings (SSSR count). The molecular weight excluding hydrogens is 269 g/mol. The summed E-state index contributed by atoms with van der Waals surface area (Å²) in [5.74, 6) is -0.577. The first-order valence-corrected chi connectivity index (χ1v) is 7.50. The van der Waals surface area contributed by atoms with Gasteiger partial charge >= 0.3 is 0 Å². The van der Waals surface area contributed by atoms with Crippen molar-refractivity contribution >= 4 is 10.0 Å². The number of nitrogens with zero attached hydrogens (tertiary/aromatic N) is 2. The molecule has 0 saturated carbocycles. The van der Waals surface area contributed by atoms with Crippen LogP contribution in [0.1, 0.15) is 13.8 Å². The monoisotopic (exact) mass is 289 g/mol. The van der Waals surface area contributed by atoms with E-state index in [0.717, 1.165) is 6.07 Å². The minimum Gasteiger partial charge on any atom is -0.305 e. The van der Waals surface area contributed by atoms with Gasteiger partial charge in [-0.05, 0) is 32.1 Å². The fraction of sp³-hybridized carbons (Fsp3) is 0.583. The van der Waals surface area contributed by atoms with Gasteiger partial charge in [-0.2, -0.15) is 0 Å². The molecule has 1 aromatic rings. The summed E-state index contributed by atoms with van der Waals surface area (Å²) in [5.41, 5.74) is 0. The topological polar surface area (TPSA) is 62.3 Å². The largest absolute Gasteiger partial charge is 0.305 e. The van der Waals surface area contributed by atoms with Crippen LogP contribution in [0.4, 0.5) is 4.39 Å². The van der Waals surface area contributed by atoms with Gasteiger partial charge in [0.25, 0.3) is 10.0 Å².